The van der Waals surface area contributed by atoms with Gasteiger partial charge >= 0.3 is 0 Å². The number of halogens is 1. The first-order chi connectivity index (χ1) is 15.0. The number of anilines is 1. The van der Waals surface area contributed by atoms with Crippen LogP contribution in [0.25, 0.3) is 0 Å². The van der Waals surface area contributed by atoms with Crippen LogP contribution in [0.15, 0.2) is 24.3 Å². The van der Waals surface area contributed by atoms with Gasteiger partial charge in [-0.05, 0) is 43.9 Å². The summed E-state index contributed by atoms with van der Waals surface area (Å²) in [7, 11) is 1.52. The predicted octanol–water partition coefficient (Wildman–Crippen LogP) is 2.76. The van der Waals surface area contributed by atoms with E-state index in [0.29, 0.717) is 44.1 Å². The highest BCUT2D eigenvalue weighted by Gasteiger charge is 2.31. The van der Waals surface area contributed by atoms with Crippen LogP contribution in [0, 0.1) is 12.7 Å². The maximum atomic E-state index is 13.3. The molecule has 0 bridgehead atoms. The number of likely N-dealkylation sites (tertiary alicyclic amines) is 1. The lowest BCUT2D eigenvalue weighted by atomic mass is 9.95. The summed E-state index contributed by atoms with van der Waals surface area (Å²) in [5, 5.41) is 0. The van der Waals surface area contributed by atoms with Gasteiger partial charge in [0.2, 0.25) is 11.8 Å². The summed E-state index contributed by atoms with van der Waals surface area (Å²) < 4.78 is 18.3. The molecule has 1 saturated heterocycles. The van der Waals surface area contributed by atoms with Gasteiger partial charge in [0.05, 0.1) is 6.54 Å². The number of fused-ring (bicyclic) bond motifs is 1. The molecule has 2 aromatic rings. The zero-order valence-electron chi connectivity index (χ0n) is 17.9. The number of ether oxygens (including phenoxy) is 1. The van der Waals surface area contributed by atoms with E-state index in [0.717, 1.165) is 29.7 Å². The SMILES string of the molecule is COCC(=O)N1CCC[C@@H](c2nc(C)c3c(n2)N(Cc2ccc(F)cc2)C(=O)CC3)C1. The number of hydrogen-bond acceptors (Lipinski definition) is 5. The summed E-state index contributed by atoms with van der Waals surface area (Å²) in [5.74, 6) is 0.993. The minimum atomic E-state index is -0.306. The number of rotatable bonds is 5. The van der Waals surface area contributed by atoms with Crippen molar-refractivity contribution in [3.8, 4) is 0 Å². The summed E-state index contributed by atoms with van der Waals surface area (Å²) in [5.41, 5.74) is 2.69. The van der Waals surface area contributed by atoms with Crippen LogP contribution < -0.4 is 4.90 Å². The molecular formula is C23H27FN4O3. The highest BCUT2D eigenvalue weighted by molar-refractivity contribution is 5.95. The van der Waals surface area contributed by atoms with Crippen LogP contribution in [0.1, 0.15) is 47.8 Å². The van der Waals surface area contributed by atoms with E-state index in [1.54, 1.807) is 21.9 Å². The van der Waals surface area contributed by atoms with E-state index in [1.165, 1.54) is 19.2 Å². The van der Waals surface area contributed by atoms with Gasteiger partial charge in [-0.15, -0.1) is 0 Å². The molecule has 8 heteroatoms. The summed E-state index contributed by atoms with van der Waals surface area (Å²) in [6.07, 6.45) is 2.78. The molecule has 1 atom stereocenters. The fourth-order valence-electron chi connectivity index (χ4n) is 4.35. The molecule has 2 amide bonds. The molecule has 164 valence electrons. The van der Waals surface area contributed by atoms with Gasteiger partial charge in [0.25, 0.3) is 0 Å². The minimum Gasteiger partial charge on any atom is -0.375 e. The van der Waals surface area contributed by atoms with Crippen molar-refractivity contribution in [1.82, 2.24) is 14.9 Å². The Morgan fingerprint density at radius 3 is 2.74 bits per heavy atom. The van der Waals surface area contributed by atoms with Crippen molar-refractivity contribution >= 4 is 17.6 Å². The second kappa shape index (κ2) is 9.09. The highest BCUT2D eigenvalue weighted by Crippen LogP contribution is 2.33. The van der Waals surface area contributed by atoms with Gasteiger partial charge in [0.15, 0.2) is 0 Å². The molecule has 0 unspecified atom stereocenters. The average Bonchev–Trinajstić information content (AvgIpc) is 2.77. The fourth-order valence-corrected chi connectivity index (χ4v) is 4.35. The number of carbonyl (C=O) groups excluding carboxylic acids is 2. The van der Waals surface area contributed by atoms with Gasteiger partial charge in [0.1, 0.15) is 24.1 Å². The third-order valence-corrected chi connectivity index (χ3v) is 6.02. The largest absolute Gasteiger partial charge is 0.375 e. The third kappa shape index (κ3) is 4.58. The van der Waals surface area contributed by atoms with E-state index in [-0.39, 0.29) is 30.2 Å². The predicted molar refractivity (Wildman–Crippen MR) is 113 cm³/mol. The summed E-state index contributed by atoms with van der Waals surface area (Å²) in [6.45, 7) is 3.61. The van der Waals surface area contributed by atoms with Gasteiger partial charge in [-0.3, -0.25) is 14.5 Å². The van der Waals surface area contributed by atoms with Gasteiger partial charge in [-0.2, -0.15) is 0 Å². The average molecular weight is 426 g/mol. The van der Waals surface area contributed by atoms with Crippen molar-refractivity contribution in [2.45, 2.75) is 45.1 Å². The topological polar surface area (TPSA) is 75.6 Å². The van der Waals surface area contributed by atoms with E-state index in [9.17, 15) is 14.0 Å². The molecule has 0 N–H and O–H groups in total. The normalized spacial score (nSPS) is 18.8. The van der Waals surface area contributed by atoms with Crippen LogP contribution in [0.4, 0.5) is 10.2 Å². The zero-order valence-corrected chi connectivity index (χ0v) is 17.9. The fraction of sp³-hybridized carbons (Fsp3) is 0.478. The Labute approximate surface area is 181 Å². The van der Waals surface area contributed by atoms with Crippen molar-refractivity contribution < 1.29 is 18.7 Å². The number of carbonyl (C=O) groups is 2. The lowest BCUT2D eigenvalue weighted by molar-refractivity contribution is -0.136. The summed E-state index contributed by atoms with van der Waals surface area (Å²) >= 11 is 0. The first-order valence-corrected chi connectivity index (χ1v) is 10.6. The molecule has 31 heavy (non-hydrogen) atoms. The number of piperidine rings is 1. The molecule has 0 radical (unpaired) electrons. The number of aromatic nitrogens is 2. The van der Waals surface area contributed by atoms with Crippen molar-refractivity contribution in [2.24, 2.45) is 0 Å². The first-order valence-electron chi connectivity index (χ1n) is 10.6. The van der Waals surface area contributed by atoms with E-state index in [4.69, 9.17) is 14.7 Å². The van der Waals surface area contributed by atoms with E-state index >= 15 is 0 Å². The Bertz CT molecular complexity index is 980. The van der Waals surface area contributed by atoms with Crippen LogP contribution >= 0.6 is 0 Å². The molecular weight excluding hydrogens is 399 g/mol. The number of methoxy groups -OCH3 is 1. The monoisotopic (exact) mass is 426 g/mol. The Balaban J connectivity index is 1.63. The van der Waals surface area contributed by atoms with Gasteiger partial charge in [-0.25, -0.2) is 14.4 Å². The number of aryl methyl sites for hydroxylation is 1. The lowest BCUT2D eigenvalue weighted by Gasteiger charge is -2.34. The third-order valence-electron chi connectivity index (χ3n) is 6.02. The van der Waals surface area contributed by atoms with Crippen molar-refractivity contribution in [3.63, 3.8) is 0 Å². The maximum Gasteiger partial charge on any atom is 0.248 e. The molecule has 1 fully saturated rings. The Kier molecular flexibility index (Phi) is 6.27. The molecule has 1 aromatic carbocycles. The second-order valence-electron chi connectivity index (χ2n) is 8.19. The number of amides is 2. The second-order valence-corrected chi connectivity index (χ2v) is 8.19. The Hall–Kier alpha value is -2.87. The van der Waals surface area contributed by atoms with E-state index in [1.807, 2.05) is 6.92 Å². The smallest absolute Gasteiger partial charge is 0.248 e. The van der Waals surface area contributed by atoms with E-state index in [2.05, 4.69) is 0 Å². The zero-order chi connectivity index (χ0) is 22.0. The summed E-state index contributed by atoms with van der Waals surface area (Å²) in [4.78, 5) is 38.1. The van der Waals surface area contributed by atoms with Gasteiger partial charge < -0.3 is 9.64 Å². The molecule has 7 nitrogen and oxygen atoms in total. The molecule has 0 aliphatic carbocycles. The number of nitrogens with zero attached hydrogens (tertiary/aromatic N) is 4. The molecule has 2 aliphatic heterocycles. The number of hydrogen-bond donors (Lipinski definition) is 0. The summed E-state index contributed by atoms with van der Waals surface area (Å²) in [6, 6.07) is 6.17. The Morgan fingerprint density at radius 2 is 2.00 bits per heavy atom. The highest BCUT2D eigenvalue weighted by atomic mass is 19.1. The lowest BCUT2D eigenvalue weighted by Crippen LogP contribution is -2.41. The molecule has 3 heterocycles. The van der Waals surface area contributed by atoms with Crippen molar-refractivity contribution in [1.29, 1.82) is 0 Å². The first kappa shape index (κ1) is 21.4. The standard InChI is InChI=1S/C23H27FN4O3/c1-15-19-9-10-20(29)28(12-16-5-7-18(24)8-6-16)23(19)26-22(25-15)17-4-3-11-27(13-17)21(30)14-31-2/h5-8,17H,3-4,9-14H2,1-2H3/t17-/m1/s1. The van der Waals surface area contributed by atoms with Crippen LogP contribution in [0.2, 0.25) is 0 Å². The van der Waals surface area contributed by atoms with Crippen molar-refractivity contribution in [2.75, 3.05) is 31.7 Å². The molecule has 0 spiro atoms. The Morgan fingerprint density at radius 1 is 1.23 bits per heavy atom. The maximum absolute atomic E-state index is 13.3. The minimum absolute atomic E-state index is 0.00131. The van der Waals surface area contributed by atoms with Crippen LogP contribution in [0.3, 0.4) is 0 Å². The van der Waals surface area contributed by atoms with E-state index < -0.39 is 0 Å². The molecule has 2 aliphatic rings. The molecule has 4 rings (SSSR count). The van der Waals surface area contributed by atoms with Crippen LogP contribution in [0.5, 0.6) is 0 Å². The molecule has 0 saturated carbocycles. The number of benzene rings is 1. The van der Waals surface area contributed by atoms with Crippen LogP contribution in [-0.4, -0.2) is 53.5 Å². The van der Waals surface area contributed by atoms with Crippen LogP contribution in [-0.2, 0) is 27.3 Å². The van der Waals surface area contributed by atoms with Gasteiger partial charge in [0, 0.05) is 43.8 Å². The van der Waals surface area contributed by atoms with Crippen molar-refractivity contribution in [3.05, 3.63) is 52.7 Å². The van der Waals surface area contributed by atoms with Gasteiger partial charge in [-0.1, -0.05) is 12.1 Å². The quantitative estimate of drug-likeness (QED) is 0.735. The molecule has 1 aromatic heterocycles.